The van der Waals surface area contributed by atoms with Crippen molar-refractivity contribution in [1.82, 2.24) is 0 Å². The van der Waals surface area contributed by atoms with Crippen molar-refractivity contribution in [3.63, 3.8) is 0 Å². The van der Waals surface area contributed by atoms with Crippen molar-refractivity contribution in [2.24, 2.45) is 0 Å². The molecule has 0 aliphatic heterocycles. The van der Waals surface area contributed by atoms with Gasteiger partial charge in [-0.05, 0) is 12.1 Å². The number of rotatable bonds is 1. The summed E-state index contributed by atoms with van der Waals surface area (Å²) < 4.78 is 85.9. The van der Waals surface area contributed by atoms with Crippen molar-refractivity contribution >= 4 is 0 Å². The van der Waals surface area contributed by atoms with Gasteiger partial charge < -0.3 is 0 Å². The molecular weight excluding hydrogens is 229 g/mol. The van der Waals surface area contributed by atoms with Gasteiger partial charge in [0.15, 0.2) is 0 Å². The summed E-state index contributed by atoms with van der Waals surface area (Å²) in [7, 11) is 0. The maximum atomic E-state index is 12.7. The first-order valence-corrected chi connectivity index (χ1v) is 3.57. The molecule has 15 heavy (non-hydrogen) atoms. The van der Waals surface area contributed by atoms with Crippen LogP contribution in [0.4, 0.5) is 30.7 Å². The Hall–Kier alpha value is -1.27. The zero-order chi connectivity index (χ0) is 11.9. The summed E-state index contributed by atoms with van der Waals surface area (Å²) in [6.45, 7) is 0. The molecule has 0 aliphatic carbocycles. The van der Waals surface area contributed by atoms with Crippen LogP contribution < -0.4 is 0 Å². The highest BCUT2D eigenvalue weighted by Gasteiger charge is 2.61. The van der Waals surface area contributed by atoms with E-state index in [0.717, 1.165) is 0 Å². The maximum Gasteiger partial charge on any atom is 0.458 e. The lowest BCUT2D eigenvalue weighted by atomic mass is 10.1. The fourth-order valence-corrected chi connectivity index (χ4v) is 0.940. The molecule has 0 N–H and O–H groups in total. The van der Waals surface area contributed by atoms with E-state index in [1.165, 1.54) is 0 Å². The van der Waals surface area contributed by atoms with Crippen LogP contribution >= 0.6 is 0 Å². The molecule has 1 aromatic carbocycles. The fourth-order valence-electron chi connectivity index (χ4n) is 0.940. The summed E-state index contributed by atoms with van der Waals surface area (Å²) in [4.78, 5) is 0. The van der Waals surface area contributed by atoms with E-state index in [1.54, 1.807) is 0 Å². The Kier molecular flexibility index (Phi) is 2.67. The Bertz CT molecular complexity index is 345. The second-order valence-electron chi connectivity index (χ2n) is 2.67. The van der Waals surface area contributed by atoms with Gasteiger partial charge in [0, 0.05) is 0 Å². The maximum absolute atomic E-state index is 12.7. The molecule has 0 radical (unpaired) electrons. The zero-order valence-corrected chi connectivity index (χ0v) is 6.88. The molecule has 0 aromatic heterocycles. The largest absolute Gasteiger partial charge is 0.458 e. The van der Waals surface area contributed by atoms with Crippen LogP contribution in [0.3, 0.4) is 0 Å². The van der Waals surface area contributed by atoms with Gasteiger partial charge in [-0.25, -0.2) is 8.78 Å². The van der Waals surface area contributed by atoms with Crippen LogP contribution in [-0.2, 0) is 5.92 Å². The van der Waals surface area contributed by atoms with Crippen molar-refractivity contribution in [3.8, 4) is 0 Å². The molecule has 0 bridgehead atoms. The molecule has 0 saturated carbocycles. The Labute approximate surface area is 79.3 Å². The summed E-state index contributed by atoms with van der Waals surface area (Å²) in [5, 5.41) is 0. The predicted octanol–water partition coefficient (Wildman–Crippen LogP) is 3.62. The highest BCUT2D eigenvalue weighted by Crippen LogP contribution is 2.45. The molecule has 0 nitrogen and oxygen atoms in total. The highest BCUT2D eigenvalue weighted by molar-refractivity contribution is 5.25. The first kappa shape index (κ1) is 11.8. The van der Waals surface area contributed by atoms with Crippen LogP contribution in [0.1, 0.15) is 5.56 Å². The van der Waals surface area contributed by atoms with Crippen LogP contribution in [0.25, 0.3) is 0 Å². The van der Waals surface area contributed by atoms with E-state index < -0.39 is 29.3 Å². The van der Waals surface area contributed by atoms with Gasteiger partial charge in [0.1, 0.15) is 17.2 Å². The molecule has 7 heteroatoms. The number of benzene rings is 1. The minimum atomic E-state index is -6.03. The van der Waals surface area contributed by atoms with E-state index in [2.05, 4.69) is 0 Å². The summed E-state index contributed by atoms with van der Waals surface area (Å²) in [5.41, 5.74) is -2.28. The minimum Gasteiger partial charge on any atom is -0.206 e. The van der Waals surface area contributed by atoms with E-state index in [9.17, 15) is 30.7 Å². The molecule has 1 aromatic rings. The Morgan fingerprint density at radius 1 is 0.800 bits per heavy atom. The normalized spacial score (nSPS) is 13.0. The van der Waals surface area contributed by atoms with E-state index in [0.29, 0.717) is 18.2 Å². The van der Waals surface area contributed by atoms with Crippen molar-refractivity contribution in [3.05, 3.63) is 35.4 Å². The molecule has 0 fully saturated rings. The summed E-state index contributed by atoms with van der Waals surface area (Å²) in [6.07, 6.45) is -6.03. The third-order valence-corrected chi connectivity index (χ3v) is 1.63. The van der Waals surface area contributed by atoms with Crippen LogP contribution in [0.5, 0.6) is 0 Å². The van der Waals surface area contributed by atoms with E-state index in [4.69, 9.17) is 0 Å². The number of halogens is 7. The zero-order valence-electron chi connectivity index (χ0n) is 6.88. The van der Waals surface area contributed by atoms with Gasteiger partial charge in [-0.3, -0.25) is 0 Å². The second kappa shape index (κ2) is 3.39. The van der Waals surface area contributed by atoms with Gasteiger partial charge in [-0.1, -0.05) is 6.07 Å². The van der Waals surface area contributed by atoms with Gasteiger partial charge >= 0.3 is 12.1 Å². The number of hydrogen-bond donors (Lipinski definition) is 0. The van der Waals surface area contributed by atoms with E-state index in [1.807, 2.05) is 0 Å². The average Bonchev–Trinajstić information content (AvgIpc) is 2.00. The minimum absolute atomic E-state index is 0.331. The molecule has 0 amide bonds. The summed E-state index contributed by atoms with van der Waals surface area (Å²) in [6, 6.07) is 1.36. The lowest BCUT2D eigenvalue weighted by Crippen LogP contribution is -2.35. The lowest BCUT2D eigenvalue weighted by Gasteiger charge is -2.20. The van der Waals surface area contributed by atoms with Gasteiger partial charge in [0.25, 0.3) is 0 Å². The molecule has 0 aliphatic rings. The Morgan fingerprint density at radius 3 is 1.53 bits per heavy atom. The van der Waals surface area contributed by atoms with Crippen LogP contribution in [0.15, 0.2) is 18.2 Å². The SMILES string of the molecule is Fc1cccc(F)c1C(F)(F)C(F)(F)F. The predicted molar refractivity (Wildman–Crippen MR) is 36.3 cm³/mol. The van der Waals surface area contributed by atoms with Crippen LogP contribution in [0.2, 0.25) is 0 Å². The van der Waals surface area contributed by atoms with Crippen molar-refractivity contribution in [2.75, 3.05) is 0 Å². The summed E-state index contributed by atoms with van der Waals surface area (Å²) in [5.74, 6) is -9.41. The van der Waals surface area contributed by atoms with Crippen molar-refractivity contribution < 1.29 is 30.7 Å². The monoisotopic (exact) mass is 232 g/mol. The van der Waals surface area contributed by atoms with Crippen molar-refractivity contribution in [1.29, 1.82) is 0 Å². The van der Waals surface area contributed by atoms with Gasteiger partial charge in [-0.2, -0.15) is 22.0 Å². The summed E-state index contributed by atoms with van der Waals surface area (Å²) >= 11 is 0. The number of hydrogen-bond acceptors (Lipinski definition) is 0. The first-order valence-electron chi connectivity index (χ1n) is 3.57. The molecular formula is C8H3F7. The molecule has 0 atom stereocenters. The highest BCUT2D eigenvalue weighted by atomic mass is 19.4. The topological polar surface area (TPSA) is 0 Å². The molecule has 1 rings (SSSR count). The molecule has 0 spiro atoms. The van der Waals surface area contributed by atoms with Crippen molar-refractivity contribution in [2.45, 2.75) is 12.1 Å². The second-order valence-corrected chi connectivity index (χ2v) is 2.67. The molecule has 0 heterocycles. The third-order valence-electron chi connectivity index (χ3n) is 1.63. The molecule has 0 unspecified atom stereocenters. The average molecular weight is 232 g/mol. The van der Waals surface area contributed by atoms with Gasteiger partial charge in [0.05, 0.1) is 0 Å². The van der Waals surface area contributed by atoms with Crippen LogP contribution in [-0.4, -0.2) is 6.18 Å². The Morgan fingerprint density at radius 2 is 1.20 bits per heavy atom. The standard InChI is InChI=1S/C8H3F7/c9-4-2-1-3-5(10)6(4)7(11,12)8(13,14)15/h1-3H. The Balaban J connectivity index is 3.39. The smallest absolute Gasteiger partial charge is 0.206 e. The third kappa shape index (κ3) is 1.91. The van der Waals surface area contributed by atoms with Crippen LogP contribution in [0, 0.1) is 11.6 Å². The van der Waals surface area contributed by atoms with E-state index in [-0.39, 0.29) is 0 Å². The van der Waals surface area contributed by atoms with E-state index >= 15 is 0 Å². The lowest BCUT2D eigenvalue weighted by molar-refractivity contribution is -0.291. The van der Waals surface area contributed by atoms with Gasteiger partial charge in [0.2, 0.25) is 0 Å². The quantitative estimate of drug-likeness (QED) is 0.648. The first-order chi connectivity index (χ1) is 6.68. The molecule has 84 valence electrons. The fraction of sp³-hybridized carbons (Fsp3) is 0.250. The number of alkyl halides is 5. The molecule has 0 saturated heterocycles. The van der Waals surface area contributed by atoms with Gasteiger partial charge in [-0.15, -0.1) is 0 Å².